The Hall–Kier alpha value is -1.40. The first-order valence-corrected chi connectivity index (χ1v) is 8.40. The quantitative estimate of drug-likeness (QED) is 0.817. The summed E-state index contributed by atoms with van der Waals surface area (Å²) in [4.78, 5) is 15.5. The number of amides is 1. The van der Waals surface area contributed by atoms with Crippen LogP contribution in [0.15, 0.2) is 35.2 Å². The van der Waals surface area contributed by atoms with E-state index < -0.39 is 9.84 Å². The fraction of sp³-hybridized carbons (Fsp3) is 0.500. The number of piperazine rings is 1. The fourth-order valence-corrected chi connectivity index (χ4v) is 3.59. The molecule has 0 aromatic heterocycles. The van der Waals surface area contributed by atoms with Crippen LogP contribution in [0.3, 0.4) is 0 Å². The molecule has 1 aromatic carbocycles. The van der Waals surface area contributed by atoms with E-state index in [2.05, 4.69) is 4.90 Å². The third kappa shape index (κ3) is 3.80. The first kappa shape index (κ1) is 15.0. The second-order valence-electron chi connectivity index (χ2n) is 4.98. The van der Waals surface area contributed by atoms with Crippen molar-refractivity contribution in [1.29, 1.82) is 0 Å². The number of hydrogen-bond acceptors (Lipinski definition) is 4. The van der Waals surface area contributed by atoms with Gasteiger partial charge in [-0.2, -0.15) is 0 Å². The highest BCUT2D eigenvalue weighted by atomic mass is 32.2. The summed E-state index contributed by atoms with van der Waals surface area (Å²) < 4.78 is 24.3. The van der Waals surface area contributed by atoms with Crippen molar-refractivity contribution in [3.05, 3.63) is 30.3 Å². The van der Waals surface area contributed by atoms with Crippen LogP contribution < -0.4 is 0 Å². The minimum absolute atomic E-state index is 0.0848. The van der Waals surface area contributed by atoms with Crippen molar-refractivity contribution < 1.29 is 13.2 Å². The van der Waals surface area contributed by atoms with Crippen molar-refractivity contribution in [2.24, 2.45) is 0 Å². The van der Waals surface area contributed by atoms with Crippen molar-refractivity contribution in [2.75, 3.05) is 38.5 Å². The number of carbonyl (C=O) groups is 1. The number of carbonyl (C=O) groups excluding carboxylic acids is 1. The van der Waals surface area contributed by atoms with Crippen LogP contribution in [-0.4, -0.2) is 62.6 Å². The summed E-state index contributed by atoms with van der Waals surface area (Å²) in [5, 5.41) is 0. The van der Waals surface area contributed by atoms with Gasteiger partial charge in [-0.05, 0) is 12.1 Å². The summed E-state index contributed by atoms with van der Waals surface area (Å²) in [5.74, 6) is 0.207. The van der Waals surface area contributed by atoms with Crippen LogP contribution in [0.25, 0.3) is 0 Å². The van der Waals surface area contributed by atoms with Gasteiger partial charge in [0.25, 0.3) is 0 Å². The van der Waals surface area contributed by atoms with E-state index in [1.807, 2.05) is 0 Å². The number of nitrogens with zero attached hydrogens (tertiary/aromatic N) is 2. The molecule has 2 rings (SSSR count). The molecule has 0 atom stereocenters. The predicted molar refractivity (Wildman–Crippen MR) is 77.2 cm³/mol. The highest BCUT2D eigenvalue weighted by molar-refractivity contribution is 7.91. The second kappa shape index (κ2) is 6.37. The Morgan fingerprint density at radius 1 is 1.10 bits per heavy atom. The molecule has 1 aliphatic heterocycles. The molecule has 0 unspecified atom stereocenters. The van der Waals surface area contributed by atoms with E-state index in [4.69, 9.17) is 0 Å². The van der Waals surface area contributed by atoms with Crippen molar-refractivity contribution in [2.45, 2.75) is 11.8 Å². The summed E-state index contributed by atoms with van der Waals surface area (Å²) >= 11 is 0. The van der Waals surface area contributed by atoms with Crippen LogP contribution in [-0.2, 0) is 14.6 Å². The monoisotopic (exact) mass is 296 g/mol. The Morgan fingerprint density at radius 2 is 1.70 bits per heavy atom. The Labute approximate surface area is 120 Å². The molecule has 1 heterocycles. The molecule has 1 saturated heterocycles. The second-order valence-corrected chi connectivity index (χ2v) is 7.09. The molecule has 20 heavy (non-hydrogen) atoms. The van der Waals surface area contributed by atoms with E-state index in [1.54, 1.807) is 42.2 Å². The molecule has 0 bridgehead atoms. The van der Waals surface area contributed by atoms with Crippen LogP contribution >= 0.6 is 0 Å². The molecule has 1 fully saturated rings. The number of benzene rings is 1. The molecule has 0 radical (unpaired) electrons. The van der Waals surface area contributed by atoms with Gasteiger partial charge in [0.1, 0.15) is 0 Å². The third-order valence-electron chi connectivity index (χ3n) is 3.60. The largest absolute Gasteiger partial charge is 0.340 e. The lowest BCUT2D eigenvalue weighted by atomic mass is 10.3. The SMILES string of the molecule is CC(=O)N1CCN(CCS(=O)(=O)c2ccccc2)CC1. The lowest BCUT2D eigenvalue weighted by Crippen LogP contribution is -2.49. The number of rotatable bonds is 4. The third-order valence-corrected chi connectivity index (χ3v) is 5.31. The summed E-state index contributed by atoms with van der Waals surface area (Å²) in [6, 6.07) is 8.53. The van der Waals surface area contributed by atoms with E-state index >= 15 is 0 Å². The maximum Gasteiger partial charge on any atom is 0.219 e. The van der Waals surface area contributed by atoms with Gasteiger partial charge in [-0.1, -0.05) is 18.2 Å². The molecular weight excluding hydrogens is 276 g/mol. The standard InChI is InChI=1S/C14H20N2O3S/c1-13(17)16-9-7-15(8-10-16)11-12-20(18,19)14-5-3-2-4-6-14/h2-6H,7-12H2,1H3. The molecule has 1 aliphatic rings. The van der Waals surface area contributed by atoms with Crippen LogP contribution in [0.5, 0.6) is 0 Å². The average Bonchev–Trinajstić information content (AvgIpc) is 2.46. The normalized spacial score (nSPS) is 17.1. The predicted octanol–water partition coefficient (Wildman–Crippen LogP) is 0.624. The van der Waals surface area contributed by atoms with Crippen molar-refractivity contribution in [1.82, 2.24) is 9.80 Å². The van der Waals surface area contributed by atoms with Gasteiger partial charge in [-0.15, -0.1) is 0 Å². The minimum Gasteiger partial charge on any atom is -0.340 e. The molecule has 0 aliphatic carbocycles. The lowest BCUT2D eigenvalue weighted by molar-refractivity contribution is -0.130. The van der Waals surface area contributed by atoms with Gasteiger partial charge >= 0.3 is 0 Å². The van der Waals surface area contributed by atoms with Gasteiger partial charge in [-0.3, -0.25) is 9.69 Å². The summed E-state index contributed by atoms with van der Waals surface area (Å²) in [5.41, 5.74) is 0. The van der Waals surface area contributed by atoms with Gasteiger partial charge in [-0.25, -0.2) is 8.42 Å². The summed E-state index contributed by atoms with van der Waals surface area (Å²) in [7, 11) is -3.21. The molecule has 0 N–H and O–H groups in total. The maximum absolute atomic E-state index is 12.2. The number of sulfone groups is 1. The smallest absolute Gasteiger partial charge is 0.219 e. The molecule has 1 aromatic rings. The Morgan fingerprint density at radius 3 is 2.25 bits per heavy atom. The molecule has 5 nitrogen and oxygen atoms in total. The average molecular weight is 296 g/mol. The van der Waals surface area contributed by atoms with Crippen LogP contribution in [0.2, 0.25) is 0 Å². The van der Waals surface area contributed by atoms with Crippen LogP contribution in [0.4, 0.5) is 0 Å². The lowest BCUT2D eigenvalue weighted by Gasteiger charge is -2.34. The zero-order chi connectivity index (χ0) is 14.6. The van der Waals surface area contributed by atoms with E-state index in [0.29, 0.717) is 24.5 Å². The molecule has 110 valence electrons. The summed E-state index contributed by atoms with van der Waals surface area (Å²) in [6.07, 6.45) is 0. The van der Waals surface area contributed by atoms with Crippen LogP contribution in [0, 0.1) is 0 Å². The van der Waals surface area contributed by atoms with E-state index in [9.17, 15) is 13.2 Å². The van der Waals surface area contributed by atoms with Gasteiger partial charge < -0.3 is 4.90 Å². The Balaban J connectivity index is 1.86. The molecule has 0 spiro atoms. The fourth-order valence-electron chi connectivity index (χ4n) is 2.28. The van der Waals surface area contributed by atoms with Gasteiger partial charge in [0.15, 0.2) is 9.84 Å². The Bertz CT molecular complexity index is 549. The van der Waals surface area contributed by atoms with Crippen molar-refractivity contribution in [3.8, 4) is 0 Å². The summed E-state index contributed by atoms with van der Waals surface area (Å²) in [6.45, 7) is 4.92. The van der Waals surface area contributed by atoms with Gasteiger partial charge in [0.05, 0.1) is 10.6 Å². The molecule has 0 saturated carbocycles. The topological polar surface area (TPSA) is 57.7 Å². The highest BCUT2D eigenvalue weighted by Gasteiger charge is 2.21. The first-order valence-electron chi connectivity index (χ1n) is 6.75. The first-order chi connectivity index (χ1) is 9.49. The zero-order valence-electron chi connectivity index (χ0n) is 11.7. The minimum atomic E-state index is -3.21. The number of hydrogen-bond donors (Lipinski definition) is 0. The molecule has 1 amide bonds. The van der Waals surface area contributed by atoms with E-state index in [-0.39, 0.29) is 11.7 Å². The van der Waals surface area contributed by atoms with Crippen molar-refractivity contribution in [3.63, 3.8) is 0 Å². The van der Waals surface area contributed by atoms with Gasteiger partial charge in [0, 0.05) is 39.6 Å². The van der Waals surface area contributed by atoms with Crippen LogP contribution in [0.1, 0.15) is 6.92 Å². The highest BCUT2D eigenvalue weighted by Crippen LogP contribution is 2.11. The Kier molecular flexibility index (Phi) is 4.77. The molecular formula is C14H20N2O3S. The van der Waals surface area contributed by atoms with E-state index in [0.717, 1.165) is 13.1 Å². The molecule has 6 heteroatoms. The van der Waals surface area contributed by atoms with Crippen molar-refractivity contribution >= 4 is 15.7 Å². The zero-order valence-corrected chi connectivity index (χ0v) is 12.5. The van der Waals surface area contributed by atoms with E-state index in [1.165, 1.54) is 0 Å². The van der Waals surface area contributed by atoms with Gasteiger partial charge in [0.2, 0.25) is 5.91 Å². The maximum atomic E-state index is 12.2.